The molecule has 1 aliphatic rings. The molecule has 1 atom stereocenters. The molecule has 0 saturated carbocycles. The number of likely N-dealkylation sites (N-methyl/N-ethyl adjacent to an activating group) is 1. The van der Waals surface area contributed by atoms with Gasteiger partial charge in [0.1, 0.15) is 18.1 Å². The van der Waals surface area contributed by atoms with E-state index in [9.17, 15) is 0 Å². The number of aryl methyl sites for hydroxylation is 1. The molecule has 2 heterocycles. The number of nitrogens with one attached hydrogen (secondary N) is 1. The summed E-state index contributed by atoms with van der Waals surface area (Å²) in [6, 6.07) is 8.33. The zero-order chi connectivity index (χ0) is 13.9. The van der Waals surface area contributed by atoms with Gasteiger partial charge in [0.05, 0.1) is 12.6 Å². The number of aromatic nitrogens is 2. The summed E-state index contributed by atoms with van der Waals surface area (Å²) >= 11 is 0. The maximum Gasteiger partial charge on any atom is 0.127 e. The molecule has 1 aliphatic heterocycles. The second-order valence-corrected chi connectivity index (χ2v) is 4.90. The van der Waals surface area contributed by atoms with Crippen molar-refractivity contribution < 1.29 is 9.47 Å². The number of nitrogens with zero attached hydrogens (tertiary/aromatic N) is 2. The summed E-state index contributed by atoms with van der Waals surface area (Å²) in [7, 11) is 3.89. The van der Waals surface area contributed by atoms with Crippen molar-refractivity contribution in [1.82, 2.24) is 15.1 Å². The minimum atomic E-state index is 0.286. The third-order valence-electron chi connectivity index (χ3n) is 3.66. The smallest absolute Gasteiger partial charge is 0.127 e. The van der Waals surface area contributed by atoms with Crippen molar-refractivity contribution in [2.24, 2.45) is 7.05 Å². The Bertz CT molecular complexity index is 595. The fourth-order valence-corrected chi connectivity index (χ4v) is 2.44. The molecule has 20 heavy (non-hydrogen) atoms. The van der Waals surface area contributed by atoms with Gasteiger partial charge in [0.15, 0.2) is 0 Å². The Hall–Kier alpha value is -2.01. The van der Waals surface area contributed by atoms with Crippen LogP contribution in [0.1, 0.15) is 17.3 Å². The predicted octanol–water partition coefficient (Wildman–Crippen LogP) is 1.69. The summed E-state index contributed by atoms with van der Waals surface area (Å²) in [6.45, 7) is 1.32. The molecule has 106 valence electrons. The second kappa shape index (κ2) is 5.54. The summed E-state index contributed by atoms with van der Waals surface area (Å²) in [6.07, 6.45) is 2.64. The maximum absolute atomic E-state index is 5.79. The Morgan fingerprint density at radius 3 is 3.10 bits per heavy atom. The van der Waals surface area contributed by atoms with E-state index in [2.05, 4.69) is 16.5 Å². The normalized spacial score (nSPS) is 16.8. The van der Waals surface area contributed by atoms with Crippen LogP contribution in [0.3, 0.4) is 0 Å². The van der Waals surface area contributed by atoms with Crippen molar-refractivity contribution in [2.75, 3.05) is 20.3 Å². The molecule has 0 aliphatic carbocycles. The van der Waals surface area contributed by atoms with Crippen molar-refractivity contribution in [3.8, 4) is 11.5 Å². The van der Waals surface area contributed by atoms with Gasteiger partial charge in [0.2, 0.25) is 0 Å². The third kappa shape index (κ3) is 2.49. The van der Waals surface area contributed by atoms with Gasteiger partial charge in [-0.25, -0.2) is 0 Å². The highest BCUT2D eigenvalue weighted by Crippen LogP contribution is 2.34. The lowest BCUT2D eigenvalue weighted by atomic mass is 10.1. The van der Waals surface area contributed by atoms with E-state index in [0.29, 0.717) is 13.2 Å². The van der Waals surface area contributed by atoms with Gasteiger partial charge >= 0.3 is 0 Å². The lowest BCUT2D eigenvalue weighted by molar-refractivity contribution is 0.306. The highest BCUT2D eigenvalue weighted by atomic mass is 16.5. The summed E-state index contributed by atoms with van der Waals surface area (Å²) in [5, 5.41) is 7.37. The fraction of sp³-hybridized carbons (Fsp3) is 0.400. The van der Waals surface area contributed by atoms with Gasteiger partial charge < -0.3 is 14.8 Å². The van der Waals surface area contributed by atoms with E-state index < -0.39 is 0 Å². The molecular weight excluding hydrogens is 254 g/mol. The monoisotopic (exact) mass is 273 g/mol. The molecule has 1 unspecified atom stereocenters. The van der Waals surface area contributed by atoms with Crippen LogP contribution in [0.15, 0.2) is 30.5 Å². The maximum atomic E-state index is 5.79. The van der Waals surface area contributed by atoms with Gasteiger partial charge in [-0.3, -0.25) is 4.68 Å². The zero-order valence-corrected chi connectivity index (χ0v) is 11.8. The minimum absolute atomic E-state index is 0.286. The summed E-state index contributed by atoms with van der Waals surface area (Å²) in [5.74, 6) is 1.77. The van der Waals surface area contributed by atoms with Crippen LogP contribution in [0.25, 0.3) is 0 Å². The predicted molar refractivity (Wildman–Crippen MR) is 76.1 cm³/mol. The number of hydrogen-bond acceptors (Lipinski definition) is 4. The van der Waals surface area contributed by atoms with Gasteiger partial charge in [0, 0.05) is 37.0 Å². The van der Waals surface area contributed by atoms with Crippen molar-refractivity contribution in [1.29, 1.82) is 0 Å². The van der Waals surface area contributed by atoms with Crippen molar-refractivity contribution in [3.63, 3.8) is 0 Å². The molecule has 0 saturated heterocycles. The lowest BCUT2D eigenvalue weighted by Gasteiger charge is -2.09. The first kappa shape index (κ1) is 13.0. The van der Waals surface area contributed by atoms with Gasteiger partial charge in [-0.15, -0.1) is 0 Å². The van der Waals surface area contributed by atoms with Crippen LogP contribution in [-0.2, 0) is 13.5 Å². The molecule has 0 radical (unpaired) electrons. The van der Waals surface area contributed by atoms with Gasteiger partial charge in [0.25, 0.3) is 0 Å². The third-order valence-corrected chi connectivity index (χ3v) is 3.66. The summed E-state index contributed by atoms with van der Waals surface area (Å²) in [5.41, 5.74) is 2.36. The minimum Gasteiger partial charge on any atom is -0.493 e. The van der Waals surface area contributed by atoms with Crippen LogP contribution in [0.5, 0.6) is 11.5 Å². The van der Waals surface area contributed by atoms with E-state index in [1.54, 1.807) is 6.20 Å². The quantitative estimate of drug-likeness (QED) is 0.900. The van der Waals surface area contributed by atoms with Gasteiger partial charge in [-0.2, -0.15) is 5.10 Å². The van der Waals surface area contributed by atoms with Crippen LogP contribution < -0.4 is 14.8 Å². The number of ether oxygens (including phenoxy) is 2. The van der Waals surface area contributed by atoms with Crippen molar-refractivity contribution in [2.45, 2.75) is 12.5 Å². The van der Waals surface area contributed by atoms with Crippen molar-refractivity contribution in [3.05, 3.63) is 41.7 Å². The molecule has 0 fully saturated rings. The fourth-order valence-electron chi connectivity index (χ4n) is 2.44. The highest BCUT2D eigenvalue weighted by Gasteiger charge is 2.22. The number of hydrogen-bond donors (Lipinski definition) is 1. The van der Waals surface area contributed by atoms with Crippen LogP contribution in [0.4, 0.5) is 0 Å². The molecule has 1 N–H and O–H groups in total. The summed E-state index contributed by atoms with van der Waals surface area (Å²) < 4.78 is 13.3. The number of fused-ring (bicyclic) bond motifs is 1. The number of rotatable bonds is 5. The molecule has 1 aromatic carbocycles. The van der Waals surface area contributed by atoms with Gasteiger partial charge in [-0.05, 0) is 25.2 Å². The zero-order valence-electron chi connectivity index (χ0n) is 11.8. The molecule has 0 bridgehead atoms. The standard InChI is InChI=1S/C15H19N3O2/c1-16-14-10-20-15-9-12(3-4-13(14)15)19-8-6-11-5-7-17-18(11)2/h3-5,7,9,14,16H,6,8,10H2,1-2H3. The first-order valence-electron chi connectivity index (χ1n) is 6.81. The summed E-state index contributed by atoms with van der Waals surface area (Å²) in [4.78, 5) is 0. The lowest BCUT2D eigenvalue weighted by Crippen LogP contribution is -2.17. The van der Waals surface area contributed by atoms with Crippen LogP contribution in [0.2, 0.25) is 0 Å². The molecule has 5 heteroatoms. The Kier molecular flexibility index (Phi) is 3.60. The van der Waals surface area contributed by atoms with E-state index in [1.807, 2.05) is 37.0 Å². The Labute approximate surface area is 118 Å². The molecule has 3 rings (SSSR count). The average molecular weight is 273 g/mol. The second-order valence-electron chi connectivity index (χ2n) is 4.90. The molecule has 2 aromatic rings. The first-order chi connectivity index (χ1) is 9.78. The van der Waals surface area contributed by atoms with E-state index in [1.165, 1.54) is 5.56 Å². The van der Waals surface area contributed by atoms with Crippen LogP contribution in [0, 0.1) is 0 Å². The van der Waals surface area contributed by atoms with E-state index in [4.69, 9.17) is 9.47 Å². The Balaban J connectivity index is 1.60. The molecule has 0 amide bonds. The Morgan fingerprint density at radius 1 is 1.45 bits per heavy atom. The van der Waals surface area contributed by atoms with Crippen LogP contribution in [-0.4, -0.2) is 30.0 Å². The largest absolute Gasteiger partial charge is 0.493 e. The number of benzene rings is 1. The van der Waals surface area contributed by atoms with Gasteiger partial charge in [-0.1, -0.05) is 0 Å². The van der Waals surface area contributed by atoms with Crippen LogP contribution >= 0.6 is 0 Å². The Morgan fingerprint density at radius 2 is 2.35 bits per heavy atom. The highest BCUT2D eigenvalue weighted by molar-refractivity contribution is 5.44. The SMILES string of the molecule is CNC1COc2cc(OCCc3ccnn3C)ccc21. The van der Waals surface area contributed by atoms with Crippen molar-refractivity contribution >= 4 is 0 Å². The first-order valence-corrected chi connectivity index (χ1v) is 6.81. The topological polar surface area (TPSA) is 48.3 Å². The molecule has 5 nitrogen and oxygen atoms in total. The van der Waals surface area contributed by atoms with E-state index >= 15 is 0 Å². The van der Waals surface area contributed by atoms with E-state index in [-0.39, 0.29) is 6.04 Å². The molecular formula is C15H19N3O2. The molecule has 0 spiro atoms. The van der Waals surface area contributed by atoms with E-state index in [0.717, 1.165) is 23.6 Å². The molecule has 1 aromatic heterocycles. The average Bonchev–Trinajstić information content (AvgIpc) is 3.05.